The number of H-pyrrole nitrogens is 1. The molecule has 136 valence electrons. The van der Waals surface area contributed by atoms with Gasteiger partial charge in [0.05, 0.1) is 5.69 Å². The van der Waals surface area contributed by atoms with Crippen LogP contribution in [-0.2, 0) is 6.54 Å². The Kier molecular flexibility index (Phi) is 6.12. The molecule has 0 aliphatic heterocycles. The second kappa shape index (κ2) is 8.52. The minimum atomic E-state index is -0.386. The number of hydrogen-bond acceptors (Lipinski definition) is 5. The van der Waals surface area contributed by atoms with E-state index in [9.17, 15) is 10.1 Å². The van der Waals surface area contributed by atoms with Gasteiger partial charge >= 0.3 is 0 Å². The highest BCUT2D eigenvalue weighted by Crippen LogP contribution is 2.25. The van der Waals surface area contributed by atoms with Crippen molar-refractivity contribution in [1.82, 2.24) is 14.9 Å². The summed E-state index contributed by atoms with van der Waals surface area (Å²) in [5.41, 5.74) is 2.16. The van der Waals surface area contributed by atoms with E-state index in [1.165, 1.54) is 49.4 Å². The lowest BCUT2D eigenvalue weighted by Crippen LogP contribution is -2.32. The number of nitrogens with one attached hydrogen (secondary N) is 1. The van der Waals surface area contributed by atoms with Crippen LogP contribution in [-0.4, -0.2) is 34.2 Å². The lowest BCUT2D eigenvalue weighted by Gasteiger charge is -2.31. The van der Waals surface area contributed by atoms with Gasteiger partial charge in [-0.15, -0.1) is 0 Å². The lowest BCUT2D eigenvalue weighted by atomic mass is 9.94. The number of nitriles is 1. The standard InChI is InChI=1S/C20H24N4OS/c1-24(16-6-4-3-5-7-16)13-14-8-10-15(11-9-14)18-17(12-21)19(25)23-20(22-18)26-2/h8-11,16H,3-7,13H2,1-2H3,(H,22,23,25). The molecule has 3 rings (SSSR count). The smallest absolute Gasteiger partial charge is 0.270 e. The first-order valence-electron chi connectivity index (χ1n) is 9.00. The number of thioether (sulfide) groups is 1. The minimum absolute atomic E-state index is 0.0647. The fraction of sp³-hybridized carbons (Fsp3) is 0.450. The van der Waals surface area contributed by atoms with Gasteiger partial charge in [-0.1, -0.05) is 55.3 Å². The lowest BCUT2D eigenvalue weighted by molar-refractivity contribution is 0.184. The highest BCUT2D eigenvalue weighted by Gasteiger charge is 2.18. The minimum Gasteiger partial charge on any atom is -0.300 e. The van der Waals surface area contributed by atoms with Crippen LogP contribution in [0.1, 0.15) is 43.2 Å². The summed E-state index contributed by atoms with van der Waals surface area (Å²) >= 11 is 1.36. The number of nitrogens with zero attached hydrogens (tertiary/aromatic N) is 3. The molecule has 0 bridgehead atoms. The normalized spacial score (nSPS) is 15.2. The summed E-state index contributed by atoms with van der Waals surface area (Å²) in [6.45, 7) is 0.912. The molecule has 0 radical (unpaired) electrons. The van der Waals surface area contributed by atoms with E-state index >= 15 is 0 Å². The molecule has 1 aliphatic rings. The first kappa shape index (κ1) is 18.7. The van der Waals surface area contributed by atoms with Crippen molar-refractivity contribution in [2.75, 3.05) is 13.3 Å². The first-order chi connectivity index (χ1) is 12.6. The highest BCUT2D eigenvalue weighted by atomic mass is 32.2. The molecule has 1 aromatic carbocycles. The van der Waals surface area contributed by atoms with E-state index in [0.29, 0.717) is 16.9 Å². The van der Waals surface area contributed by atoms with Crippen molar-refractivity contribution < 1.29 is 0 Å². The SMILES string of the molecule is CSc1nc(-c2ccc(CN(C)C3CCCCC3)cc2)c(C#N)c(=O)[nH]1. The zero-order chi connectivity index (χ0) is 18.5. The topological polar surface area (TPSA) is 72.8 Å². The molecule has 0 amide bonds. The van der Waals surface area contributed by atoms with Crippen molar-refractivity contribution in [2.45, 2.75) is 49.8 Å². The van der Waals surface area contributed by atoms with Gasteiger partial charge in [0, 0.05) is 18.2 Å². The van der Waals surface area contributed by atoms with Crippen molar-refractivity contribution in [1.29, 1.82) is 5.26 Å². The zero-order valence-electron chi connectivity index (χ0n) is 15.3. The molecular formula is C20H24N4OS. The Morgan fingerprint density at radius 1 is 1.27 bits per heavy atom. The van der Waals surface area contributed by atoms with Crippen LogP contribution in [0.25, 0.3) is 11.3 Å². The maximum Gasteiger partial charge on any atom is 0.270 e. The van der Waals surface area contributed by atoms with Crippen LogP contribution < -0.4 is 5.56 Å². The first-order valence-corrected chi connectivity index (χ1v) is 10.2. The molecule has 26 heavy (non-hydrogen) atoms. The van der Waals surface area contributed by atoms with E-state index < -0.39 is 0 Å². The average Bonchev–Trinajstić information content (AvgIpc) is 2.68. The van der Waals surface area contributed by atoms with E-state index in [2.05, 4.69) is 34.0 Å². The van der Waals surface area contributed by atoms with Crippen LogP contribution in [0.2, 0.25) is 0 Å². The van der Waals surface area contributed by atoms with Gasteiger partial charge in [-0.3, -0.25) is 9.69 Å². The zero-order valence-corrected chi connectivity index (χ0v) is 16.1. The summed E-state index contributed by atoms with van der Waals surface area (Å²) in [7, 11) is 2.20. The number of aromatic nitrogens is 2. The fourth-order valence-corrected chi connectivity index (χ4v) is 3.95. The maximum absolute atomic E-state index is 12.1. The molecule has 0 saturated heterocycles. The Bertz CT molecular complexity index is 848. The summed E-state index contributed by atoms with van der Waals surface area (Å²) < 4.78 is 0. The van der Waals surface area contributed by atoms with Gasteiger partial charge in [0.1, 0.15) is 11.6 Å². The molecule has 1 fully saturated rings. The third-order valence-corrected chi connectivity index (χ3v) is 5.64. The molecule has 6 heteroatoms. The van der Waals surface area contributed by atoms with Crippen LogP contribution in [0.3, 0.4) is 0 Å². The molecule has 1 heterocycles. The van der Waals surface area contributed by atoms with Crippen molar-refractivity contribution >= 4 is 11.8 Å². The van der Waals surface area contributed by atoms with Crippen molar-refractivity contribution in [3.63, 3.8) is 0 Å². The summed E-state index contributed by atoms with van der Waals surface area (Å²) in [4.78, 5) is 21.6. The Hall–Kier alpha value is -2.10. The molecular weight excluding hydrogens is 344 g/mol. The van der Waals surface area contributed by atoms with Crippen LogP contribution in [0.4, 0.5) is 0 Å². The van der Waals surface area contributed by atoms with Crippen molar-refractivity contribution in [3.8, 4) is 17.3 Å². The Morgan fingerprint density at radius 3 is 2.58 bits per heavy atom. The van der Waals surface area contributed by atoms with Crippen LogP contribution in [0.5, 0.6) is 0 Å². The Balaban J connectivity index is 1.81. The van der Waals surface area contributed by atoms with E-state index in [0.717, 1.165) is 12.1 Å². The Labute approximate surface area is 158 Å². The fourth-order valence-electron chi connectivity index (χ4n) is 3.57. The number of aromatic amines is 1. The van der Waals surface area contributed by atoms with E-state index in [-0.39, 0.29) is 11.1 Å². The summed E-state index contributed by atoms with van der Waals surface area (Å²) in [6.07, 6.45) is 8.44. The molecule has 5 nitrogen and oxygen atoms in total. The number of hydrogen-bond donors (Lipinski definition) is 1. The van der Waals surface area contributed by atoms with E-state index in [1.54, 1.807) is 0 Å². The predicted octanol–water partition coefficient (Wildman–Crippen LogP) is 3.79. The molecule has 1 N–H and O–H groups in total. The van der Waals surface area contributed by atoms with E-state index in [1.807, 2.05) is 24.5 Å². The third kappa shape index (κ3) is 4.17. The van der Waals surface area contributed by atoms with Gasteiger partial charge in [-0.25, -0.2) is 4.98 Å². The maximum atomic E-state index is 12.1. The van der Waals surface area contributed by atoms with Crippen molar-refractivity contribution in [2.24, 2.45) is 0 Å². The van der Waals surface area contributed by atoms with Gasteiger partial charge < -0.3 is 4.98 Å². The second-order valence-electron chi connectivity index (χ2n) is 6.81. The third-order valence-electron chi connectivity index (χ3n) is 5.06. The monoisotopic (exact) mass is 368 g/mol. The van der Waals surface area contributed by atoms with Crippen LogP contribution in [0, 0.1) is 11.3 Å². The van der Waals surface area contributed by atoms with Gasteiger partial charge in [0.2, 0.25) is 0 Å². The highest BCUT2D eigenvalue weighted by molar-refractivity contribution is 7.98. The summed E-state index contributed by atoms with van der Waals surface area (Å²) in [5.74, 6) is 0. The Morgan fingerprint density at radius 2 is 1.96 bits per heavy atom. The molecule has 0 unspecified atom stereocenters. The summed E-state index contributed by atoms with van der Waals surface area (Å²) in [5, 5.41) is 9.84. The van der Waals surface area contributed by atoms with Gasteiger partial charge in [0.25, 0.3) is 5.56 Å². The molecule has 0 atom stereocenters. The molecule has 1 aliphatic carbocycles. The largest absolute Gasteiger partial charge is 0.300 e. The molecule has 2 aromatic rings. The van der Waals surface area contributed by atoms with Gasteiger partial charge in [0.15, 0.2) is 5.16 Å². The second-order valence-corrected chi connectivity index (χ2v) is 7.61. The molecule has 1 aromatic heterocycles. The average molecular weight is 369 g/mol. The summed E-state index contributed by atoms with van der Waals surface area (Å²) in [6, 6.07) is 10.7. The quantitative estimate of drug-likeness (QED) is 0.642. The molecule has 0 spiro atoms. The molecule has 1 saturated carbocycles. The van der Waals surface area contributed by atoms with Gasteiger partial charge in [-0.2, -0.15) is 5.26 Å². The van der Waals surface area contributed by atoms with Gasteiger partial charge in [-0.05, 0) is 31.7 Å². The predicted molar refractivity (Wildman–Crippen MR) is 105 cm³/mol. The van der Waals surface area contributed by atoms with Crippen molar-refractivity contribution in [3.05, 3.63) is 45.7 Å². The van der Waals surface area contributed by atoms with Crippen LogP contribution in [0.15, 0.2) is 34.2 Å². The van der Waals surface area contributed by atoms with Crippen LogP contribution >= 0.6 is 11.8 Å². The van der Waals surface area contributed by atoms with E-state index in [4.69, 9.17) is 0 Å². The number of rotatable bonds is 5. The number of benzene rings is 1.